The van der Waals surface area contributed by atoms with E-state index in [2.05, 4.69) is 14.7 Å². The second kappa shape index (κ2) is 9.69. The molecule has 0 aliphatic rings. The van der Waals surface area contributed by atoms with Crippen LogP contribution in [0.1, 0.15) is 0 Å². The van der Waals surface area contributed by atoms with E-state index in [0.717, 1.165) is 5.75 Å². The summed E-state index contributed by atoms with van der Waals surface area (Å²) in [5, 5.41) is 1.32. The van der Waals surface area contributed by atoms with Crippen molar-refractivity contribution in [2.45, 2.75) is 0 Å². The van der Waals surface area contributed by atoms with Crippen LogP contribution in [0.15, 0.2) is 55.0 Å². The molecule has 0 aliphatic carbocycles. The van der Waals surface area contributed by atoms with Gasteiger partial charge in [-0.05, 0) is 18.2 Å². The van der Waals surface area contributed by atoms with Crippen molar-refractivity contribution in [1.82, 2.24) is 14.5 Å². The number of hydrogen-bond acceptors (Lipinski definition) is 6. The van der Waals surface area contributed by atoms with Gasteiger partial charge in [-0.3, -0.25) is 0 Å². The molecular weight excluding hydrogens is 425 g/mol. The molecular formula is C21H21ClFN5OS. The summed E-state index contributed by atoms with van der Waals surface area (Å²) < 4.78 is 24.3. The summed E-state index contributed by atoms with van der Waals surface area (Å²) in [6.07, 6.45) is 5.07. The third kappa shape index (κ3) is 4.44. The minimum atomic E-state index is -0.317. The summed E-state index contributed by atoms with van der Waals surface area (Å²) in [6.45, 7) is 0. The van der Waals surface area contributed by atoms with Crippen molar-refractivity contribution in [2.24, 2.45) is 7.05 Å². The average molecular weight is 446 g/mol. The topological polar surface area (TPSA) is 78.0 Å². The number of methoxy groups -OCH3 is 1. The number of aryl methyl sites for hydroxylation is 1. The highest BCUT2D eigenvalue weighted by atomic mass is 35.5. The Labute approximate surface area is 183 Å². The Hall–Kier alpha value is -2.97. The molecule has 0 atom stereocenters. The van der Waals surface area contributed by atoms with Crippen LogP contribution in [0, 0.1) is 5.82 Å². The van der Waals surface area contributed by atoms with Gasteiger partial charge in [0, 0.05) is 30.6 Å². The largest absolute Gasteiger partial charge is 0.495 e. The van der Waals surface area contributed by atoms with Crippen LogP contribution in [-0.2, 0) is 7.05 Å². The van der Waals surface area contributed by atoms with Gasteiger partial charge in [0.25, 0.3) is 0 Å². The molecule has 0 saturated carbocycles. The van der Waals surface area contributed by atoms with E-state index in [-0.39, 0.29) is 5.82 Å². The van der Waals surface area contributed by atoms with Gasteiger partial charge in [-0.25, -0.2) is 14.4 Å². The number of nitrogens with one attached hydrogen (secondary N) is 1. The van der Waals surface area contributed by atoms with Gasteiger partial charge in [0.15, 0.2) is 5.82 Å². The maximum Gasteiger partial charge on any atom is 0.155 e. The molecule has 0 amide bonds. The van der Waals surface area contributed by atoms with Crippen molar-refractivity contribution < 1.29 is 9.13 Å². The molecule has 30 heavy (non-hydrogen) atoms. The van der Waals surface area contributed by atoms with Crippen LogP contribution in [0.4, 0.5) is 15.9 Å². The van der Waals surface area contributed by atoms with Gasteiger partial charge in [-0.15, -0.1) is 0 Å². The van der Waals surface area contributed by atoms with E-state index >= 15 is 0 Å². The van der Waals surface area contributed by atoms with Crippen LogP contribution in [0.5, 0.6) is 5.75 Å². The Bertz CT molecular complexity index is 1170. The molecule has 6 nitrogen and oxygen atoms in total. The summed E-state index contributed by atoms with van der Waals surface area (Å²) in [5.74, 6) is 0.750. The lowest BCUT2D eigenvalue weighted by Gasteiger charge is -2.08. The molecule has 0 aliphatic heterocycles. The molecule has 2 aromatic carbocycles. The van der Waals surface area contributed by atoms with Crippen molar-refractivity contribution in [1.29, 1.82) is 0 Å². The zero-order chi connectivity index (χ0) is 21.7. The molecule has 2 heterocycles. The Morgan fingerprint density at radius 1 is 1.13 bits per heavy atom. The molecule has 0 radical (unpaired) electrons. The molecule has 0 bridgehead atoms. The zero-order valence-corrected chi connectivity index (χ0v) is 18.3. The number of nitrogens with zero attached hydrogens (tertiary/aromatic N) is 3. The van der Waals surface area contributed by atoms with E-state index in [4.69, 9.17) is 22.1 Å². The van der Waals surface area contributed by atoms with Gasteiger partial charge in [-0.2, -0.15) is 0 Å². The van der Waals surface area contributed by atoms with Crippen LogP contribution in [-0.4, -0.2) is 27.9 Å². The molecule has 0 fully saturated rings. The van der Waals surface area contributed by atoms with Crippen molar-refractivity contribution in [3.63, 3.8) is 0 Å². The van der Waals surface area contributed by atoms with Crippen LogP contribution in [0.25, 0.3) is 22.2 Å². The van der Waals surface area contributed by atoms with E-state index in [1.165, 1.54) is 18.3 Å². The zero-order valence-electron chi connectivity index (χ0n) is 16.7. The molecule has 3 N–H and O–H groups in total. The smallest absolute Gasteiger partial charge is 0.155 e. The Kier molecular flexibility index (Phi) is 7.02. The summed E-state index contributed by atoms with van der Waals surface area (Å²) >= 11 is 7.04. The van der Waals surface area contributed by atoms with Crippen molar-refractivity contribution in [2.75, 3.05) is 23.8 Å². The number of ether oxygens (including phenoxy) is 1. The molecule has 4 aromatic rings. The quantitative estimate of drug-likeness (QED) is 0.410. The first-order chi connectivity index (χ1) is 14.5. The highest BCUT2D eigenvalue weighted by Gasteiger charge is 2.17. The van der Waals surface area contributed by atoms with E-state index < -0.39 is 0 Å². The van der Waals surface area contributed by atoms with E-state index in [1.807, 2.05) is 42.3 Å². The SMILES string of the molecule is COc1ccccc1Cl.CSNc1cccc(-c2cn(C)c3ncnc(N)c23)c1F. The van der Waals surface area contributed by atoms with Crippen LogP contribution in [0.3, 0.4) is 0 Å². The Morgan fingerprint density at radius 3 is 2.57 bits per heavy atom. The monoisotopic (exact) mass is 445 g/mol. The van der Waals surface area contributed by atoms with Crippen molar-refractivity contribution >= 4 is 46.1 Å². The maximum absolute atomic E-state index is 14.6. The lowest BCUT2D eigenvalue weighted by molar-refractivity contribution is 0.415. The Morgan fingerprint density at radius 2 is 1.90 bits per heavy atom. The van der Waals surface area contributed by atoms with E-state index in [1.54, 1.807) is 31.4 Å². The lowest BCUT2D eigenvalue weighted by atomic mass is 10.0. The first-order valence-electron chi connectivity index (χ1n) is 8.89. The van der Waals surface area contributed by atoms with Gasteiger partial charge in [0.05, 0.1) is 23.2 Å². The first kappa shape index (κ1) is 21.7. The van der Waals surface area contributed by atoms with Crippen LogP contribution in [0.2, 0.25) is 5.02 Å². The number of hydrogen-bond donors (Lipinski definition) is 2. The van der Waals surface area contributed by atoms with Gasteiger partial charge < -0.3 is 19.8 Å². The fourth-order valence-corrected chi connectivity index (χ4v) is 3.57. The number of aromatic nitrogens is 3. The predicted octanol–water partition coefficient (Wildman–Crippen LogP) is 5.40. The fraction of sp³-hybridized carbons (Fsp3) is 0.143. The predicted molar refractivity (Wildman–Crippen MR) is 123 cm³/mol. The second-order valence-electron chi connectivity index (χ2n) is 6.22. The molecule has 156 valence electrons. The summed E-state index contributed by atoms with van der Waals surface area (Å²) in [4.78, 5) is 8.21. The first-order valence-corrected chi connectivity index (χ1v) is 10.5. The van der Waals surface area contributed by atoms with E-state index in [0.29, 0.717) is 38.7 Å². The summed E-state index contributed by atoms with van der Waals surface area (Å²) in [7, 11) is 3.45. The minimum absolute atomic E-state index is 0.317. The van der Waals surface area contributed by atoms with E-state index in [9.17, 15) is 4.39 Å². The molecule has 0 unspecified atom stereocenters. The minimum Gasteiger partial charge on any atom is -0.495 e. The number of nitrogen functional groups attached to an aromatic ring is 1. The molecule has 0 spiro atoms. The van der Waals surface area contributed by atoms with Crippen LogP contribution >= 0.6 is 23.5 Å². The molecule has 0 saturated heterocycles. The van der Waals surface area contributed by atoms with Gasteiger partial charge in [0.2, 0.25) is 0 Å². The average Bonchev–Trinajstić information content (AvgIpc) is 3.08. The van der Waals surface area contributed by atoms with Gasteiger partial charge in [-0.1, -0.05) is 47.8 Å². The highest BCUT2D eigenvalue weighted by Crippen LogP contribution is 2.35. The lowest BCUT2D eigenvalue weighted by Crippen LogP contribution is -1.95. The normalized spacial score (nSPS) is 10.4. The number of benzene rings is 2. The molecule has 9 heteroatoms. The molecule has 4 rings (SSSR count). The second-order valence-corrected chi connectivity index (χ2v) is 7.24. The molecule has 2 aromatic heterocycles. The summed E-state index contributed by atoms with van der Waals surface area (Å²) in [6, 6.07) is 12.6. The number of halogens is 2. The standard InChI is InChI=1S/C14H14FN5S.C7H7ClO/c1-20-6-9(11-13(16)17-7-18-14(11)20)8-4-3-5-10(12(8)15)19-21-2;1-9-7-5-3-2-4-6(7)8/h3-7,19H,1-2H3,(H2,16,17,18);2-5H,1H3. The highest BCUT2D eigenvalue weighted by molar-refractivity contribution is 7.99. The number of rotatable bonds is 4. The van der Waals surface area contributed by atoms with Gasteiger partial charge >= 0.3 is 0 Å². The number of fused-ring (bicyclic) bond motifs is 1. The fourth-order valence-electron chi connectivity index (χ4n) is 2.98. The van der Waals surface area contributed by atoms with Crippen LogP contribution < -0.4 is 15.2 Å². The summed E-state index contributed by atoms with van der Waals surface area (Å²) in [5.41, 5.74) is 8.23. The third-order valence-corrected chi connectivity index (χ3v) is 5.08. The number of anilines is 2. The maximum atomic E-state index is 14.6. The Balaban J connectivity index is 0.000000239. The van der Waals surface area contributed by atoms with Gasteiger partial charge in [0.1, 0.15) is 23.5 Å². The van der Waals surface area contributed by atoms with Crippen molar-refractivity contribution in [3.05, 3.63) is 65.8 Å². The third-order valence-electron chi connectivity index (χ3n) is 4.34. The number of para-hydroxylation sites is 1. The number of nitrogens with two attached hydrogens (primary N) is 1. The van der Waals surface area contributed by atoms with Crippen molar-refractivity contribution in [3.8, 4) is 16.9 Å².